The zero-order chi connectivity index (χ0) is 18.7. The molecule has 0 saturated carbocycles. The van der Waals surface area contributed by atoms with Gasteiger partial charge in [-0.05, 0) is 35.8 Å². The summed E-state index contributed by atoms with van der Waals surface area (Å²) in [6, 6.07) is 13.0. The molecule has 0 aliphatic carbocycles. The maximum atomic E-state index is 13.5. The third kappa shape index (κ3) is 3.77. The number of anilines is 1. The van der Waals surface area contributed by atoms with Gasteiger partial charge in [-0.1, -0.05) is 50.2 Å². The molecule has 0 aliphatic rings. The van der Waals surface area contributed by atoms with Crippen LogP contribution in [0, 0.1) is 18.7 Å². The summed E-state index contributed by atoms with van der Waals surface area (Å²) in [5.74, 6) is -0.351. The number of carbonyl (C=O) groups excluding carboxylic acids is 1. The van der Waals surface area contributed by atoms with Crippen LogP contribution in [0.25, 0.3) is 11.4 Å². The fraction of sp³-hybridized carbons (Fsp3) is 0.263. The molecule has 0 spiro atoms. The summed E-state index contributed by atoms with van der Waals surface area (Å²) >= 11 is 0. The van der Waals surface area contributed by atoms with Gasteiger partial charge >= 0.3 is 0 Å². The Balaban J connectivity index is 1.86. The van der Waals surface area contributed by atoms with E-state index in [9.17, 15) is 9.18 Å². The molecule has 1 atom stereocenters. The molecule has 3 rings (SSSR count). The first-order chi connectivity index (χ1) is 12.5. The van der Waals surface area contributed by atoms with E-state index in [1.807, 2.05) is 44.2 Å². The molecule has 0 unspecified atom stereocenters. The van der Waals surface area contributed by atoms with Crippen LogP contribution in [0.5, 0.6) is 0 Å². The van der Waals surface area contributed by atoms with Crippen molar-refractivity contribution < 1.29 is 9.18 Å². The molecule has 1 amide bonds. The van der Waals surface area contributed by atoms with Gasteiger partial charge in [-0.2, -0.15) is 4.80 Å². The Morgan fingerprint density at radius 3 is 2.58 bits per heavy atom. The quantitative estimate of drug-likeness (QED) is 0.760. The first-order valence-electron chi connectivity index (χ1n) is 8.37. The highest BCUT2D eigenvalue weighted by atomic mass is 19.1. The molecule has 0 radical (unpaired) electrons. The Labute approximate surface area is 151 Å². The predicted molar refractivity (Wildman–Crippen MR) is 96.9 cm³/mol. The largest absolute Gasteiger partial charge is 0.324 e. The number of rotatable bonds is 5. The van der Waals surface area contributed by atoms with E-state index in [0.717, 1.165) is 11.1 Å². The Bertz CT molecular complexity index is 907. The van der Waals surface area contributed by atoms with E-state index in [1.54, 1.807) is 13.0 Å². The van der Waals surface area contributed by atoms with Crippen molar-refractivity contribution in [2.45, 2.75) is 26.8 Å². The molecule has 6 nitrogen and oxygen atoms in total. The van der Waals surface area contributed by atoms with Crippen molar-refractivity contribution in [3.63, 3.8) is 0 Å². The second-order valence-corrected chi connectivity index (χ2v) is 6.44. The van der Waals surface area contributed by atoms with Gasteiger partial charge in [0.2, 0.25) is 5.82 Å². The van der Waals surface area contributed by atoms with E-state index >= 15 is 0 Å². The number of nitrogens with zero attached hydrogens (tertiary/aromatic N) is 4. The van der Waals surface area contributed by atoms with Crippen molar-refractivity contribution in [3.05, 3.63) is 59.9 Å². The number of hydrogen-bond donors (Lipinski definition) is 1. The molecule has 2 aromatic carbocycles. The van der Waals surface area contributed by atoms with E-state index in [2.05, 4.69) is 20.7 Å². The summed E-state index contributed by atoms with van der Waals surface area (Å²) in [5.41, 5.74) is 2.03. The number of aromatic nitrogens is 4. The van der Waals surface area contributed by atoms with E-state index in [0.29, 0.717) is 11.5 Å². The third-order valence-electron chi connectivity index (χ3n) is 4.07. The van der Waals surface area contributed by atoms with Crippen LogP contribution >= 0.6 is 0 Å². The third-order valence-corrected chi connectivity index (χ3v) is 4.07. The minimum Gasteiger partial charge on any atom is -0.324 e. The summed E-state index contributed by atoms with van der Waals surface area (Å²) in [6.07, 6.45) is 0. The highest BCUT2D eigenvalue weighted by Gasteiger charge is 2.27. The lowest BCUT2D eigenvalue weighted by atomic mass is 10.0. The van der Waals surface area contributed by atoms with Crippen LogP contribution in [0.4, 0.5) is 10.1 Å². The van der Waals surface area contributed by atoms with Crippen molar-refractivity contribution in [1.82, 2.24) is 20.2 Å². The maximum Gasteiger partial charge on any atom is 0.251 e. The molecule has 0 aliphatic heterocycles. The lowest BCUT2D eigenvalue weighted by molar-refractivity contribution is -0.121. The second-order valence-electron chi connectivity index (χ2n) is 6.44. The smallest absolute Gasteiger partial charge is 0.251 e. The van der Waals surface area contributed by atoms with Gasteiger partial charge in [0.25, 0.3) is 5.91 Å². The van der Waals surface area contributed by atoms with E-state index < -0.39 is 11.9 Å². The molecule has 134 valence electrons. The molecular weight excluding hydrogens is 333 g/mol. The van der Waals surface area contributed by atoms with Gasteiger partial charge in [0.05, 0.1) is 0 Å². The highest BCUT2D eigenvalue weighted by molar-refractivity contribution is 5.94. The zero-order valence-corrected chi connectivity index (χ0v) is 14.8. The molecule has 1 aromatic heterocycles. The van der Waals surface area contributed by atoms with Gasteiger partial charge in [0.1, 0.15) is 5.82 Å². The van der Waals surface area contributed by atoms with Crippen molar-refractivity contribution in [1.29, 1.82) is 0 Å². The van der Waals surface area contributed by atoms with Crippen LogP contribution in [0.1, 0.15) is 25.5 Å². The lowest BCUT2D eigenvalue weighted by Crippen LogP contribution is -2.31. The molecular formula is C19H20FN5O. The molecule has 26 heavy (non-hydrogen) atoms. The van der Waals surface area contributed by atoms with Crippen LogP contribution < -0.4 is 5.32 Å². The molecule has 1 heterocycles. The number of tetrazole rings is 1. The van der Waals surface area contributed by atoms with E-state index in [-0.39, 0.29) is 11.8 Å². The van der Waals surface area contributed by atoms with Gasteiger partial charge < -0.3 is 5.32 Å². The summed E-state index contributed by atoms with van der Waals surface area (Å²) in [4.78, 5) is 14.1. The van der Waals surface area contributed by atoms with Crippen LogP contribution in [0.15, 0.2) is 48.5 Å². The summed E-state index contributed by atoms with van der Waals surface area (Å²) in [6.45, 7) is 5.60. The second kappa shape index (κ2) is 7.43. The van der Waals surface area contributed by atoms with Crippen molar-refractivity contribution in [2.75, 3.05) is 5.32 Å². The van der Waals surface area contributed by atoms with Crippen LogP contribution in [-0.2, 0) is 4.79 Å². The number of amides is 1. The summed E-state index contributed by atoms with van der Waals surface area (Å²) in [7, 11) is 0. The molecule has 0 fully saturated rings. The predicted octanol–water partition coefficient (Wildman–Crippen LogP) is 3.62. The number of benzene rings is 2. The van der Waals surface area contributed by atoms with Gasteiger partial charge in [0, 0.05) is 11.3 Å². The molecule has 7 heteroatoms. The van der Waals surface area contributed by atoms with Gasteiger partial charge in [-0.3, -0.25) is 4.79 Å². The van der Waals surface area contributed by atoms with Crippen LogP contribution in [0.2, 0.25) is 0 Å². The SMILES string of the molecule is Cc1ccc(F)cc1NC(=O)[C@H](C(C)C)n1nnc(-c2ccccc2)n1. The van der Waals surface area contributed by atoms with Crippen LogP contribution in [0.3, 0.4) is 0 Å². The van der Waals surface area contributed by atoms with Crippen molar-refractivity contribution in [2.24, 2.45) is 5.92 Å². The minimum atomic E-state index is -0.664. The van der Waals surface area contributed by atoms with E-state index in [4.69, 9.17) is 0 Å². The zero-order valence-electron chi connectivity index (χ0n) is 14.8. The fourth-order valence-corrected chi connectivity index (χ4v) is 2.66. The first kappa shape index (κ1) is 17.7. The monoisotopic (exact) mass is 353 g/mol. The average Bonchev–Trinajstić information content (AvgIpc) is 3.08. The average molecular weight is 353 g/mol. The van der Waals surface area contributed by atoms with Crippen LogP contribution in [-0.4, -0.2) is 26.1 Å². The highest BCUT2D eigenvalue weighted by Crippen LogP contribution is 2.22. The topological polar surface area (TPSA) is 72.7 Å². The molecule has 1 N–H and O–H groups in total. The Kier molecular flexibility index (Phi) is 5.06. The summed E-state index contributed by atoms with van der Waals surface area (Å²) in [5, 5.41) is 15.2. The maximum absolute atomic E-state index is 13.5. The first-order valence-corrected chi connectivity index (χ1v) is 8.37. The van der Waals surface area contributed by atoms with Gasteiger partial charge in [-0.15, -0.1) is 10.2 Å². The summed E-state index contributed by atoms with van der Waals surface area (Å²) < 4.78 is 13.5. The number of hydrogen-bond acceptors (Lipinski definition) is 4. The number of aryl methyl sites for hydroxylation is 1. The van der Waals surface area contributed by atoms with Crippen molar-refractivity contribution in [3.8, 4) is 11.4 Å². The Hall–Kier alpha value is -3.09. The molecule has 3 aromatic rings. The van der Waals surface area contributed by atoms with E-state index in [1.165, 1.54) is 16.9 Å². The number of halogens is 1. The minimum absolute atomic E-state index is 0.0818. The van der Waals surface area contributed by atoms with Gasteiger partial charge in [0.15, 0.2) is 6.04 Å². The molecule has 0 saturated heterocycles. The fourth-order valence-electron chi connectivity index (χ4n) is 2.66. The molecule has 0 bridgehead atoms. The Morgan fingerprint density at radius 2 is 1.88 bits per heavy atom. The Morgan fingerprint density at radius 1 is 1.15 bits per heavy atom. The van der Waals surface area contributed by atoms with Gasteiger partial charge in [-0.25, -0.2) is 4.39 Å². The van der Waals surface area contributed by atoms with Crippen molar-refractivity contribution >= 4 is 11.6 Å². The normalized spacial score (nSPS) is 12.2. The number of nitrogens with one attached hydrogen (secondary N) is 1. The number of carbonyl (C=O) groups is 1. The lowest BCUT2D eigenvalue weighted by Gasteiger charge is -2.19. The standard InChI is InChI=1S/C19H20FN5O/c1-12(2)17(19(26)21-16-11-15(20)10-9-13(16)3)25-23-18(22-24-25)14-7-5-4-6-8-14/h4-12,17H,1-3H3,(H,21,26)/t17-/m0/s1.